The van der Waals surface area contributed by atoms with Gasteiger partial charge in [0.15, 0.2) is 0 Å². The van der Waals surface area contributed by atoms with E-state index in [0.717, 1.165) is 0 Å². The molecule has 0 N–H and O–H groups in total. The Morgan fingerprint density at radius 2 is 1.08 bits per heavy atom. The molecule has 0 saturated heterocycles. The first-order valence-corrected chi connectivity index (χ1v) is 7.38. The van der Waals surface area contributed by atoms with E-state index in [1.54, 1.807) is 0 Å². The largest absolute Gasteiger partial charge is 0.457 e. The molecule has 10 nitrogen and oxygen atoms in total. The highest BCUT2D eigenvalue weighted by Crippen LogP contribution is 2.08. The van der Waals surface area contributed by atoms with E-state index in [-0.39, 0.29) is 24.3 Å². The van der Waals surface area contributed by atoms with Gasteiger partial charge in [-0.3, -0.25) is 9.59 Å². The second-order valence-corrected chi connectivity index (χ2v) is 4.57. The lowest BCUT2D eigenvalue weighted by Gasteiger charge is -2.00. The van der Waals surface area contributed by atoms with Crippen molar-refractivity contribution in [2.45, 2.75) is 13.8 Å². The number of rotatable bonds is 8. The predicted octanol–water partition coefficient (Wildman–Crippen LogP) is 0.520. The van der Waals surface area contributed by atoms with E-state index >= 15 is 0 Å². The third kappa shape index (κ3) is 4.64. The summed E-state index contributed by atoms with van der Waals surface area (Å²) in [4.78, 5) is 52.7. The molecular weight excluding hydrogens is 344 g/mol. The molecule has 0 radical (unpaired) electrons. The van der Waals surface area contributed by atoms with E-state index in [9.17, 15) is 19.2 Å². The highest BCUT2D eigenvalue weighted by molar-refractivity contribution is 6.66. The number of Topliss-reactive ketones (excluding diaryl/α,β-unsaturated/α-hetero) is 2. The van der Waals surface area contributed by atoms with Gasteiger partial charge >= 0.3 is 23.4 Å². The number of hydrogen-bond acceptors (Lipinski definition) is 6. The maximum atomic E-state index is 12.1. The van der Waals surface area contributed by atoms with Gasteiger partial charge in [0.1, 0.15) is 0 Å². The number of nitrogens with zero attached hydrogens (tertiary/aromatic N) is 4. The Morgan fingerprint density at radius 1 is 0.769 bits per heavy atom. The molecule has 0 aromatic heterocycles. The molecular formula is C16H14N4O6. The molecule has 0 amide bonds. The highest BCUT2D eigenvalue weighted by Gasteiger charge is 2.34. The van der Waals surface area contributed by atoms with Gasteiger partial charge in [0.05, 0.1) is 13.2 Å². The van der Waals surface area contributed by atoms with Crippen molar-refractivity contribution in [3.05, 3.63) is 46.5 Å². The van der Waals surface area contributed by atoms with Crippen LogP contribution in [0.2, 0.25) is 0 Å². The van der Waals surface area contributed by atoms with Gasteiger partial charge in [-0.1, -0.05) is 24.3 Å². The molecule has 1 aromatic rings. The van der Waals surface area contributed by atoms with Crippen molar-refractivity contribution >= 4 is 34.9 Å². The summed E-state index contributed by atoms with van der Waals surface area (Å²) in [7, 11) is 0. The molecule has 134 valence electrons. The standard InChI is InChI=1S/C16H14N4O6/c1-3-25-15(23)11(19-17)13(21)9-5-7-10(8-6-9)14(22)12(20-18)16(24)26-4-2/h5-8H,3-4H2,1-2H3. The Labute approximate surface area is 147 Å². The SMILES string of the molecule is CCOC(=O)C(=[N+]=[N-])C(=O)c1ccc(C(=O)C(=[N+]=[N-])C(=O)OCC)cc1. The number of carbonyl (C=O) groups is 4. The average molecular weight is 358 g/mol. The summed E-state index contributed by atoms with van der Waals surface area (Å²) in [5, 5.41) is 0. The minimum absolute atomic E-state index is 0.0182. The van der Waals surface area contributed by atoms with E-state index in [2.05, 4.69) is 19.1 Å². The zero-order valence-electron chi connectivity index (χ0n) is 14.0. The molecule has 0 aliphatic carbocycles. The van der Waals surface area contributed by atoms with Gasteiger partial charge in [-0.15, -0.1) is 0 Å². The van der Waals surface area contributed by atoms with E-state index in [1.807, 2.05) is 0 Å². The molecule has 0 atom stereocenters. The second-order valence-electron chi connectivity index (χ2n) is 4.57. The van der Waals surface area contributed by atoms with Crippen molar-refractivity contribution in [2.75, 3.05) is 13.2 Å². The average Bonchev–Trinajstić information content (AvgIpc) is 2.63. The van der Waals surface area contributed by atoms with Crippen LogP contribution in [0.1, 0.15) is 34.6 Å². The van der Waals surface area contributed by atoms with Crippen molar-refractivity contribution in [1.82, 2.24) is 0 Å². The van der Waals surface area contributed by atoms with Crippen molar-refractivity contribution in [2.24, 2.45) is 0 Å². The first-order valence-electron chi connectivity index (χ1n) is 7.38. The van der Waals surface area contributed by atoms with Gasteiger partial charge in [0, 0.05) is 11.1 Å². The van der Waals surface area contributed by atoms with Crippen LogP contribution in [0, 0.1) is 0 Å². The van der Waals surface area contributed by atoms with Gasteiger partial charge in [-0.05, 0) is 13.8 Å². The summed E-state index contributed by atoms with van der Waals surface area (Å²) in [6.07, 6.45) is 0. The Bertz CT molecular complexity index is 775. The first-order chi connectivity index (χ1) is 12.4. The Hall–Kier alpha value is -3.74. The summed E-state index contributed by atoms with van der Waals surface area (Å²) in [6, 6.07) is 4.67. The van der Waals surface area contributed by atoms with Crippen LogP contribution in [0.4, 0.5) is 0 Å². The molecule has 0 unspecified atom stereocenters. The highest BCUT2D eigenvalue weighted by atomic mass is 16.5. The third-order valence-corrected chi connectivity index (χ3v) is 2.98. The predicted molar refractivity (Wildman–Crippen MR) is 85.6 cm³/mol. The van der Waals surface area contributed by atoms with Crippen LogP contribution >= 0.6 is 0 Å². The summed E-state index contributed by atoms with van der Waals surface area (Å²) in [5.74, 6) is -4.05. The smallest absolute Gasteiger partial charge is 0.446 e. The van der Waals surface area contributed by atoms with Crippen molar-refractivity contribution in [3.8, 4) is 0 Å². The Balaban J connectivity index is 3.08. The lowest BCUT2D eigenvalue weighted by molar-refractivity contribution is -0.140. The molecule has 0 aliphatic heterocycles. The number of esters is 2. The van der Waals surface area contributed by atoms with Crippen molar-refractivity contribution in [1.29, 1.82) is 0 Å². The molecule has 0 spiro atoms. The quantitative estimate of drug-likeness (QED) is 0.164. The van der Waals surface area contributed by atoms with Crippen LogP contribution in [0.25, 0.3) is 11.1 Å². The summed E-state index contributed by atoms with van der Waals surface area (Å²) in [6.45, 7) is 2.99. The maximum Gasteiger partial charge on any atom is 0.446 e. The molecule has 0 saturated carbocycles. The van der Waals surface area contributed by atoms with Crippen LogP contribution in [-0.4, -0.2) is 57.7 Å². The van der Waals surface area contributed by atoms with Crippen molar-refractivity contribution < 1.29 is 38.2 Å². The molecule has 0 aliphatic rings. The van der Waals surface area contributed by atoms with Gasteiger partial charge < -0.3 is 20.5 Å². The second kappa shape index (κ2) is 9.53. The zero-order valence-corrected chi connectivity index (χ0v) is 14.0. The lowest BCUT2D eigenvalue weighted by Crippen LogP contribution is -2.28. The molecule has 0 bridgehead atoms. The van der Waals surface area contributed by atoms with E-state index < -0.39 is 34.9 Å². The van der Waals surface area contributed by atoms with Crippen LogP contribution in [0.3, 0.4) is 0 Å². The van der Waals surface area contributed by atoms with Crippen LogP contribution in [0.15, 0.2) is 24.3 Å². The van der Waals surface area contributed by atoms with Crippen LogP contribution < -0.4 is 0 Å². The van der Waals surface area contributed by atoms with Crippen LogP contribution in [-0.2, 0) is 19.1 Å². The lowest BCUT2D eigenvalue weighted by atomic mass is 10.0. The molecule has 1 rings (SSSR count). The fourth-order valence-corrected chi connectivity index (χ4v) is 1.80. The number of benzene rings is 1. The fraction of sp³-hybridized carbons (Fsp3) is 0.250. The maximum absolute atomic E-state index is 12.1. The summed E-state index contributed by atoms with van der Waals surface area (Å²) < 4.78 is 9.19. The summed E-state index contributed by atoms with van der Waals surface area (Å²) >= 11 is 0. The fourth-order valence-electron chi connectivity index (χ4n) is 1.80. The van der Waals surface area contributed by atoms with Gasteiger partial charge in [-0.25, -0.2) is 9.59 Å². The third-order valence-electron chi connectivity index (χ3n) is 2.98. The Kier molecular flexibility index (Phi) is 7.44. The molecule has 0 fully saturated rings. The van der Waals surface area contributed by atoms with E-state index in [0.29, 0.717) is 0 Å². The van der Waals surface area contributed by atoms with Gasteiger partial charge in [0.25, 0.3) is 11.6 Å². The first kappa shape index (κ1) is 20.3. The minimum Gasteiger partial charge on any atom is -0.457 e. The topological polar surface area (TPSA) is 160 Å². The molecule has 26 heavy (non-hydrogen) atoms. The molecule has 10 heteroatoms. The molecule has 1 aromatic carbocycles. The number of ketones is 2. The Morgan fingerprint density at radius 3 is 1.31 bits per heavy atom. The number of carbonyl (C=O) groups excluding carboxylic acids is 4. The zero-order chi connectivity index (χ0) is 19.7. The van der Waals surface area contributed by atoms with Crippen molar-refractivity contribution in [3.63, 3.8) is 0 Å². The monoisotopic (exact) mass is 358 g/mol. The minimum atomic E-state index is -1.10. The van der Waals surface area contributed by atoms with Gasteiger partial charge in [-0.2, -0.15) is 9.58 Å². The van der Waals surface area contributed by atoms with Crippen LogP contribution in [0.5, 0.6) is 0 Å². The number of hydrogen-bond donors (Lipinski definition) is 0. The van der Waals surface area contributed by atoms with E-state index in [1.165, 1.54) is 38.1 Å². The normalized spacial score (nSPS) is 9.31. The summed E-state index contributed by atoms with van der Waals surface area (Å²) in [5.41, 5.74) is 15.9. The molecule has 0 heterocycles. The van der Waals surface area contributed by atoms with Gasteiger partial charge in [0.2, 0.25) is 0 Å². The van der Waals surface area contributed by atoms with E-state index in [4.69, 9.17) is 11.1 Å². The number of ether oxygens (including phenoxy) is 2.